The second-order valence-corrected chi connectivity index (χ2v) is 6.93. The molecule has 0 bridgehead atoms. The van der Waals surface area contributed by atoms with Crippen LogP contribution >= 0.6 is 11.8 Å². The van der Waals surface area contributed by atoms with Crippen LogP contribution in [0.2, 0.25) is 0 Å². The lowest BCUT2D eigenvalue weighted by atomic mass is 9.86. The van der Waals surface area contributed by atoms with E-state index in [-0.39, 0.29) is 18.0 Å². The largest absolute Gasteiger partial charge is 0.390 e. The summed E-state index contributed by atoms with van der Waals surface area (Å²) in [5.41, 5.74) is 0.228. The number of halogens is 1. The Labute approximate surface area is 124 Å². The summed E-state index contributed by atoms with van der Waals surface area (Å²) >= 11 is 1.86. The van der Waals surface area contributed by atoms with Gasteiger partial charge in [-0.05, 0) is 36.8 Å². The molecule has 0 saturated carbocycles. The van der Waals surface area contributed by atoms with E-state index in [4.69, 9.17) is 4.74 Å². The number of ether oxygens (including phenoxy) is 1. The second kappa shape index (κ2) is 6.92. The molecule has 3 atom stereocenters. The summed E-state index contributed by atoms with van der Waals surface area (Å²) in [7, 11) is 0. The predicted molar refractivity (Wildman–Crippen MR) is 81.5 cm³/mol. The van der Waals surface area contributed by atoms with Gasteiger partial charge in [0.2, 0.25) is 0 Å². The van der Waals surface area contributed by atoms with E-state index in [0.29, 0.717) is 12.8 Å². The van der Waals surface area contributed by atoms with Crippen molar-refractivity contribution in [2.45, 2.75) is 50.9 Å². The van der Waals surface area contributed by atoms with Crippen LogP contribution in [0.5, 0.6) is 0 Å². The van der Waals surface area contributed by atoms with Crippen molar-refractivity contribution >= 4 is 11.8 Å². The molecule has 20 heavy (non-hydrogen) atoms. The lowest BCUT2D eigenvalue weighted by molar-refractivity contribution is -0.130. The zero-order valence-corrected chi connectivity index (χ0v) is 13.0. The quantitative estimate of drug-likeness (QED) is 0.835. The Kier molecular flexibility index (Phi) is 5.47. The lowest BCUT2D eigenvalue weighted by Crippen LogP contribution is -2.40. The van der Waals surface area contributed by atoms with E-state index in [1.807, 2.05) is 18.7 Å². The van der Waals surface area contributed by atoms with Gasteiger partial charge < -0.3 is 9.84 Å². The standard InChI is InChI=1S/C16H23FO2S/c1-3-8-20-11-14-9-16(2,18)10-15(19-14)12-4-6-13(17)7-5-12/h4-7,14-15,18H,3,8-11H2,1-2H3/t14-,15+,16-/m0/s1. The molecule has 0 aromatic heterocycles. The minimum Gasteiger partial charge on any atom is -0.390 e. The van der Waals surface area contributed by atoms with Crippen molar-refractivity contribution in [2.75, 3.05) is 11.5 Å². The van der Waals surface area contributed by atoms with Crippen molar-refractivity contribution < 1.29 is 14.2 Å². The number of aliphatic hydroxyl groups is 1. The van der Waals surface area contributed by atoms with Gasteiger partial charge in [-0.3, -0.25) is 0 Å². The Morgan fingerprint density at radius 1 is 1.35 bits per heavy atom. The summed E-state index contributed by atoms with van der Waals surface area (Å²) < 4.78 is 19.1. The van der Waals surface area contributed by atoms with Gasteiger partial charge >= 0.3 is 0 Å². The van der Waals surface area contributed by atoms with Gasteiger partial charge in [0.1, 0.15) is 5.82 Å². The van der Waals surface area contributed by atoms with Gasteiger partial charge in [0.25, 0.3) is 0 Å². The molecule has 0 unspecified atom stereocenters. The summed E-state index contributed by atoms with van der Waals surface area (Å²) in [6, 6.07) is 6.39. The molecule has 1 aliphatic heterocycles. The summed E-state index contributed by atoms with van der Waals surface area (Å²) in [6.45, 7) is 4.02. The van der Waals surface area contributed by atoms with Gasteiger partial charge in [-0.15, -0.1) is 0 Å². The molecule has 1 aromatic rings. The van der Waals surface area contributed by atoms with Gasteiger partial charge in [0, 0.05) is 18.6 Å². The Bertz CT molecular complexity index is 419. The van der Waals surface area contributed by atoms with Crippen molar-refractivity contribution in [3.05, 3.63) is 35.6 Å². The molecule has 2 rings (SSSR count). The molecular weight excluding hydrogens is 275 g/mol. The Morgan fingerprint density at radius 2 is 2.05 bits per heavy atom. The summed E-state index contributed by atoms with van der Waals surface area (Å²) in [5.74, 6) is 1.77. The number of benzene rings is 1. The van der Waals surface area contributed by atoms with Crippen molar-refractivity contribution in [1.82, 2.24) is 0 Å². The van der Waals surface area contributed by atoms with Crippen LogP contribution in [0.15, 0.2) is 24.3 Å². The van der Waals surface area contributed by atoms with Gasteiger partial charge in [0.05, 0.1) is 17.8 Å². The highest BCUT2D eigenvalue weighted by atomic mass is 32.2. The van der Waals surface area contributed by atoms with E-state index in [0.717, 1.165) is 23.5 Å². The van der Waals surface area contributed by atoms with Crippen molar-refractivity contribution in [2.24, 2.45) is 0 Å². The highest BCUT2D eigenvalue weighted by Crippen LogP contribution is 2.38. The van der Waals surface area contributed by atoms with Crippen molar-refractivity contribution in [3.8, 4) is 0 Å². The maximum absolute atomic E-state index is 13.0. The third kappa shape index (κ3) is 4.47. The van der Waals surface area contributed by atoms with Crippen LogP contribution in [0, 0.1) is 5.82 Å². The molecule has 1 fully saturated rings. The van der Waals surface area contributed by atoms with Crippen LogP contribution in [0.3, 0.4) is 0 Å². The smallest absolute Gasteiger partial charge is 0.123 e. The topological polar surface area (TPSA) is 29.5 Å². The molecule has 112 valence electrons. The zero-order chi connectivity index (χ0) is 14.6. The van der Waals surface area contributed by atoms with Crippen LogP contribution in [0.4, 0.5) is 4.39 Å². The second-order valence-electron chi connectivity index (χ2n) is 5.78. The molecule has 1 heterocycles. The van der Waals surface area contributed by atoms with Crippen LogP contribution in [0.1, 0.15) is 44.8 Å². The molecular formula is C16H23FO2S. The Hall–Kier alpha value is -0.580. The first kappa shape index (κ1) is 15.8. The molecule has 1 aromatic carbocycles. The van der Waals surface area contributed by atoms with Crippen LogP contribution in [0.25, 0.3) is 0 Å². The molecule has 1 aliphatic rings. The fraction of sp³-hybridized carbons (Fsp3) is 0.625. The van der Waals surface area contributed by atoms with Crippen LogP contribution in [-0.2, 0) is 4.74 Å². The third-order valence-corrected chi connectivity index (χ3v) is 4.85. The van der Waals surface area contributed by atoms with Gasteiger partial charge in [0.15, 0.2) is 0 Å². The summed E-state index contributed by atoms with van der Waals surface area (Å²) in [6.07, 6.45) is 2.29. The minimum atomic E-state index is -0.714. The monoisotopic (exact) mass is 298 g/mol. The Balaban J connectivity index is 2.03. The fourth-order valence-corrected chi connectivity index (χ4v) is 3.55. The van der Waals surface area contributed by atoms with E-state index in [9.17, 15) is 9.50 Å². The lowest BCUT2D eigenvalue weighted by Gasteiger charge is -2.39. The van der Waals surface area contributed by atoms with Gasteiger partial charge in [-0.2, -0.15) is 11.8 Å². The van der Waals surface area contributed by atoms with Gasteiger partial charge in [-0.25, -0.2) is 4.39 Å². The first-order valence-corrected chi connectivity index (χ1v) is 8.37. The Morgan fingerprint density at radius 3 is 2.70 bits per heavy atom. The summed E-state index contributed by atoms with van der Waals surface area (Å²) in [4.78, 5) is 0. The van der Waals surface area contributed by atoms with E-state index in [1.165, 1.54) is 12.1 Å². The average molecular weight is 298 g/mol. The minimum absolute atomic E-state index is 0.0605. The molecule has 2 nitrogen and oxygen atoms in total. The predicted octanol–water partition coefficient (Wildman–Crippen LogP) is 3.94. The van der Waals surface area contributed by atoms with E-state index >= 15 is 0 Å². The van der Waals surface area contributed by atoms with Crippen LogP contribution < -0.4 is 0 Å². The fourth-order valence-electron chi connectivity index (χ4n) is 2.63. The van der Waals surface area contributed by atoms with Gasteiger partial charge in [-0.1, -0.05) is 19.1 Å². The average Bonchev–Trinajstić information content (AvgIpc) is 2.38. The normalized spacial score (nSPS) is 30.4. The molecule has 1 N–H and O–H groups in total. The van der Waals surface area contributed by atoms with Crippen molar-refractivity contribution in [3.63, 3.8) is 0 Å². The highest BCUT2D eigenvalue weighted by Gasteiger charge is 2.36. The third-order valence-electron chi connectivity index (χ3n) is 3.54. The van der Waals surface area contributed by atoms with E-state index in [2.05, 4.69) is 6.92 Å². The maximum Gasteiger partial charge on any atom is 0.123 e. The first-order valence-electron chi connectivity index (χ1n) is 7.21. The number of rotatable bonds is 5. The number of thioether (sulfide) groups is 1. The zero-order valence-electron chi connectivity index (χ0n) is 12.1. The number of hydrogen-bond acceptors (Lipinski definition) is 3. The molecule has 0 aliphatic carbocycles. The van der Waals surface area contributed by atoms with E-state index < -0.39 is 5.60 Å². The molecule has 1 saturated heterocycles. The maximum atomic E-state index is 13.0. The summed E-state index contributed by atoms with van der Waals surface area (Å²) in [5, 5.41) is 10.4. The van der Waals surface area contributed by atoms with E-state index in [1.54, 1.807) is 12.1 Å². The van der Waals surface area contributed by atoms with Crippen molar-refractivity contribution in [1.29, 1.82) is 0 Å². The molecule has 0 radical (unpaired) electrons. The highest BCUT2D eigenvalue weighted by molar-refractivity contribution is 7.99. The molecule has 0 spiro atoms. The SMILES string of the molecule is CCCSC[C@@H]1C[C@](C)(O)C[C@H](c2ccc(F)cc2)O1. The van der Waals surface area contributed by atoms with Crippen LogP contribution in [-0.4, -0.2) is 28.3 Å². The molecule has 0 amide bonds. The number of hydrogen-bond donors (Lipinski definition) is 1. The first-order chi connectivity index (χ1) is 9.50. The molecule has 4 heteroatoms.